The average molecular weight is 262 g/mol. The number of carbonyl (C=O) groups is 1. The fraction of sp³-hybridized carbons (Fsp3) is 0.562. The molecule has 0 amide bonds. The lowest BCUT2D eigenvalue weighted by atomic mass is 9.96. The Labute approximate surface area is 114 Å². The van der Waals surface area contributed by atoms with Crippen LogP contribution in [-0.2, 0) is 11.2 Å². The van der Waals surface area contributed by atoms with Crippen LogP contribution in [0.25, 0.3) is 0 Å². The second-order valence-electron chi connectivity index (χ2n) is 5.52. The van der Waals surface area contributed by atoms with Crippen LogP contribution in [0.5, 0.6) is 5.75 Å². The largest absolute Gasteiger partial charge is 0.490 e. The van der Waals surface area contributed by atoms with Gasteiger partial charge in [-0.05, 0) is 56.2 Å². The number of rotatable bonds is 5. The molecule has 1 aliphatic rings. The molecule has 0 aliphatic heterocycles. The van der Waals surface area contributed by atoms with Crippen LogP contribution in [-0.4, -0.2) is 17.2 Å². The van der Waals surface area contributed by atoms with E-state index in [1.165, 1.54) is 12.8 Å². The number of ether oxygens (including phenoxy) is 1. The molecule has 0 saturated heterocycles. The predicted octanol–water partition coefficient (Wildman–Crippen LogP) is 3.58. The van der Waals surface area contributed by atoms with Crippen molar-refractivity contribution >= 4 is 5.97 Å². The standard InChI is InChI=1S/C16H22O3/c1-11-6-5-9-15(19-13-7-3-4-8-13)14(11)10-12(2)16(17)18/h5-6,9,12-13H,3-4,7-8,10H2,1-2H3,(H,17,18). The Bertz CT molecular complexity index is 447. The quantitative estimate of drug-likeness (QED) is 0.882. The molecule has 3 nitrogen and oxygen atoms in total. The van der Waals surface area contributed by atoms with E-state index in [0.29, 0.717) is 12.5 Å². The van der Waals surface area contributed by atoms with Crippen molar-refractivity contribution in [2.75, 3.05) is 0 Å². The fourth-order valence-corrected chi connectivity index (χ4v) is 2.63. The number of carboxylic acids is 1. The first kappa shape index (κ1) is 13.9. The lowest BCUT2D eigenvalue weighted by Crippen LogP contribution is -2.16. The van der Waals surface area contributed by atoms with E-state index in [1.54, 1.807) is 6.92 Å². The Morgan fingerprint density at radius 2 is 2.11 bits per heavy atom. The van der Waals surface area contributed by atoms with E-state index < -0.39 is 5.97 Å². The van der Waals surface area contributed by atoms with Crippen molar-refractivity contribution in [3.05, 3.63) is 29.3 Å². The third-order valence-electron chi connectivity index (χ3n) is 3.89. The topological polar surface area (TPSA) is 46.5 Å². The minimum absolute atomic E-state index is 0.306. The van der Waals surface area contributed by atoms with E-state index in [4.69, 9.17) is 9.84 Å². The highest BCUT2D eigenvalue weighted by molar-refractivity contribution is 5.70. The van der Waals surface area contributed by atoms with Crippen molar-refractivity contribution in [3.63, 3.8) is 0 Å². The molecule has 1 aliphatic carbocycles. The van der Waals surface area contributed by atoms with Gasteiger partial charge in [-0.25, -0.2) is 0 Å². The fourth-order valence-electron chi connectivity index (χ4n) is 2.63. The van der Waals surface area contributed by atoms with Gasteiger partial charge in [0.2, 0.25) is 0 Å². The lowest BCUT2D eigenvalue weighted by Gasteiger charge is -2.19. The number of aryl methyl sites for hydroxylation is 1. The van der Waals surface area contributed by atoms with Crippen molar-refractivity contribution in [2.45, 2.75) is 52.1 Å². The highest BCUT2D eigenvalue weighted by atomic mass is 16.5. The van der Waals surface area contributed by atoms with Crippen molar-refractivity contribution in [1.82, 2.24) is 0 Å². The van der Waals surface area contributed by atoms with Gasteiger partial charge in [0.1, 0.15) is 5.75 Å². The lowest BCUT2D eigenvalue weighted by molar-refractivity contribution is -0.141. The molecule has 104 valence electrons. The molecule has 3 heteroatoms. The highest BCUT2D eigenvalue weighted by Gasteiger charge is 2.20. The van der Waals surface area contributed by atoms with E-state index in [-0.39, 0.29) is 5.92 Å². The van der Waals surface area contributed by atoms with Gasteiger partial charge in [-0.1, -0.05) is 19.1 Å². The molecule has 19 heavy (non-hydrogen) atoms. The minimum Gasteiger partial charge on any atom is -0.490 e. The third kappa shape index (κ3) is 3.49. The molecule has 0 bridgehead atoms. The van der Waals surface area contributed by atoms with Crippen molar-refractivity contribution in [3.8, 4) is 5.75 Å². The summed E-state index contributed by atoms with van der Waals surface area (Å²) in [7, 11) is 0. The van der Waals surface area contributed by atoms with Crippen LogP contribution in [0.1, 0.15) is 43.7 Å². The summed E-state index contributed by atoms with van der Waals surface area (Å²) in [5, 5.41) is 9.07. The minimum atomic E-state index is -0.755. The number of hydrogen-bond donors (Lipinski definition) is 1. The Morgan fingerprint density at radius 1 is 1.42 bits per heavy atom. The molecule has 0 radical (unpaired) electrons. The molecule has 1 aromatic carbocycles. The first-order valence-corrected chi connectivity index (χ1v) is 7.06. The normalized spacial score (nSPS) is 17.4. The van der Waals surface area contributed by atoms with Gasteiger partial charge < -0.3 is 9.84 Å². The first-order chi connectivity index (χ1) is 9.08. The molecule has 1 aromatic rings. The van der Waals surface area contributed by atoms with Gasteiger partial charge in [0.25, 0.3) is 0 Å². The van der Waals surface area contributed by atoms with E-state index in [2.05, 4.69) is 0 Å². The molecule has 1 saturated carbocycles. The molecule has 2 rings (SSSR count). The SMILES string of the molecule is Cc1cccc(OC2CCCC2)c1CC(C)C(=O)O. The molecule has 0 spiro atoms. The molecule has 1 fully saturated rings. The Kier molecular flexibility index (Phi) is 4.46. The van der Waals surface area contributed by atoms with Gasteiger partial charge in [-0.15, -0.1) is 0 Å². The number of aliphatic carboxylic acids is 1. The van der Waals surface area contributed by atoms with E-state index in [1.807, 2.05) is 25.1 Å². The van der Waals surface area contributed by atoms with Crippen LogP contribution in [0, 0.1) is 12.8 Å². The average Bonchev–Trinajstić information content (AvgIpc) is 2.86. The molecule has 0 heterocycles. The Hall–Kier alpha value is -1.51. The maximum absolute atomic E-state index is 11.0. The number of carboxylic acid groups (broad SMARTS) is 1. The van der Waals surface area contributed by atoms with Crippen molar-refractivity contribution in [2.24, 2.45) is 5.92 Å². The summed E-state index contributed by atoms with van der Waals surface area (Å²) >= 11 is 0. The van der Waals surface area contributed by atoms with E-state index in [0.717, 1.165) is 29.7 Å². The molecule has 0 aromatic heterocycles. The number of benzene rings is 1. The second-order valence-corrected chi connectivity index (χ2v) is 5.52. The summed E-state index contributed by atoms with van der Waals surface area (Å²) in [5.74, 6) is -0.262. The zero-order chi connectivity index (χ0) is 13.8. The monoisotopic (exact) mass is 262 g/mol. The molecule has 1 unspecified atom stereocenters. The summed E-state index contributed by atoms with van der Waals surface area (Å²) in [5.41, 5.74) is 2.16. The van der Waals surface area contributed by atoms with Gasteiger partial charge in [0.05, 0.1) is 12.0 Å². The van der Waals surface area contributed by atoms with Crippen molar-refractivity contribution in [1.29, 1.82) is 0 Å². The van der Waals surface area contributed by atoms with Gasteiger partial charge in [0, 0.05) is 0 Å². The summed E-state index contributed by atoms with van der Waals surface area (Å²) in [4.78, 5) is 11.0. The molecule has 1 N–H and O–H groups in total. The second kappa shape index (κ2) is 6.09. The van der Waals surface area contributed by atoms with Gasteiger partial charge in [-0.3, -0.25) is 4.79 Å². The molecule has 1 atom stereocenters. The van der Waals surface area contributed by atoms with Crippen LogP contribution in [0.2, 0.25) is 0 Å². The Morgan fingerprint density at radius 3 is 2.74 bits per heavy atom. The zero-order valence-electron chi connectivity index (χ0n) is 11.7. The van der Waals surface area contributed by atoms with Gasteiger partial charge >= 0.3 is 5.97 Å². The van der Waals surface area contributed by atoms with Crippen molar-refractivity contribution < 1.29 is 14.6 Å². The predicted molar refractivity (Wildman–Crippen MR) is 74.6 cm³/mol. The summed E-state index contributed by atoms with van der Waals surface area (Å²) in [6.45, 7) is 3.76. The smallest absolute Gasteiger partial charge is 0.306 e. The van der Waals surface area contributed by atoms with Gasteiger partial charge in [-0.2, -0.15) is 0 Å². The number of hydrogen-bond acceptors (Lipinski definition) is 2. The van der Waals surface area contributed by atoms with Crippen LogP contribution < -0.4 is 4.74 Å². The Balaban J connectivity index is 2.17. The van der Waals surface area contributed by atoms with Crippen LogP contribution in [0.4, 0.5) is 0 Å². The summed E-state index contributed by atoms with van der Waals surface area (Å²) in [6.07, 6.45) is 5.53. The maximum Gasteiger partial charge on any atom is 0.306 e. The van der Waals surface area contributed by atoms with Crippen LogP contribution in [0.3, 0.4) is 0 Å². The molecular formula is C16H22O3. The highest BCUT2D eigenvalue weighted by Crippen LogP contribution is 2.30. The first-order valence-electron chi connectivity index (χ1n) is 7.06. The van der Waals surface area contributed by atoms with E-state index >= 15 is 0 Å². The molecular weight excluding hydrogens is 240 g/mol. The van der Waals surface area contributed by atoms with Crippen LogP contribution in [0.15, 0.2) is 18.2 Å². The summed E-state index contributed by atoms with van der Waals surface area (Å²) in [6, 6.07) is 5.97. The van der Waals surface area contributed by atoms with E-state index in [9.17, 15) is 4.79 Å². The van der Waals surface area contributed by atoms with Gasteiger partial charge in [0.15, 0.2) is 0 Å². The zero-order valence-corrected chi connectivity index (χ0v) is 11.7. The summed E-state index contributed by atoms with van der Waals surface area (Å²) < 4.78 is 6.07. The maximum atomic E-state index is 11.0. The van der Waals surface area contributed by atoms with Crippen LogP contribution >= 0.6 is 0 Å². The third-order valence-corrected chi connectivity index (χ3v) is 3.89.